The minimum atomic E-state index is -1.30. The van der Waals surface area contributed by atoms with Gasteiger partial charge in [-0.15, -0.1) is 0 Å². The van der Waals surface area contributed by atoms with Crippen LogP contribution >= 0.6 is 0 Å². The lowest BCUT2D eigenvalue weighted by atomic mass is 10.1. The second-order valence-electron chi connectivity index (χ2n) is 3.86. The fourth-order valence-corrected chi connectivity index (χ4v) is 1.49. The summed E-state index contributed by atoms with van der Waals surface area (Å²) >= 11 is 0. The zero-order valence-corrected chi connectivity index (χ0v) is 9.90. The minimum Gasteiger partial charge on any atom is -0.480 e. The molecule has 0 heterocycles. The van der Waals surface area contributed by atoms with Gasteiger partial charge in [0, 0.05) is 18.6 Å². The first-order valence-electron chi connectivity index (χ1n) is 5.51. The summed E-state index contributed by atoms with van der Waals surface area (Å²) in [6, 6.07) is 2.15. The van der Waals surface area contributed by atoms with E-state index < -0.39 is 42.6 Å². The van der Waals surface area contributed by atoms with Gasteiger partial charge in [0.05, 0.1) is 6.42 Å². The van der Waals surface area contributed by atoms with Crippen LogP contribution in [0.3, 0.4) is 0 Å². The Balaban J connectivity index is 2.69. The largest absolute Gasteiger partial charge is 0.480 e. The summed E-state index contributed by atoms with van der Waals surface area (Å²) in [5, 5.41) is 19.5. The standard InChI is InChI=1S/C12H13F2NO4/c13-8-3-1-2-7(11(8)14)6-10(17)15-9(4-5-16)12(18)19/h1-3,9,16H,4-6H2,(H,15,17)(H,18,19)/t9-/m1/s1. The Kier molecular flexibility index (Phi) is 5.37. The van der Waals surface area contributed by atoms with Gasteiger partial charge in [-0.05, 0) is 6.07 Å². The van der Waals surface area contributed by atoms with Crippen molar-refractivity contribution in [3.05, 3.63) is 35.4 Å². The van der Waals surface area contributed by atoms with E-state index in [0.717, 1.165) is 6.07 Å². The van der Waals surface area contributed by atoms with Crippen molar-refractivity contribution in [3.63, 3.8) is 0 Å². The number of rotatable bonds is 6. The molecule has 7 heteroatoms. The summed E-state index contributed by atoms with van der Waals surface area (Å²) in [6.45, 7) is -0.411. The van der Waals surface area contributed by atoms with Gasteiger partial charge in [-0.1, -0.05) is 12.1 Å². The van der Waals surface area contributed by atoms with Crippen LogP contribution in [0.4, 0.5) is 8.78 Å². The SMILES string of the molecule is O=C(Cc1cccc(F)c1F)N[C@H](CCO)C(=O)O. The van der Waals surface area contributed by atoms with Crippen molar-refractivity contribution >= 4 is 11.9 Å². The number of hydrogen-bond donors (Lipinski definition) is 3. The van der Waals surface area contributed by atoms with Crippen LogP contribution in [-0.4, -0.2) is 34.7 Å². The van der Waals surface area contributed by atoms with Crippen LogP contribution < -0.4 is 5.32 Å². The number of benzene rings is 1. The van der Waals surface area contributed by atoms with Crippen LogP contribution in [0.1, 0.15) is 12.0 Å². The summed E-state index contributed by atoms with van der Waals surface area (Å²) < 4.78 is 26.2. The molecule has 0 spiro atoms. The van der Waals surface area contributed by atoms with Crippen molar-refractivity contribution in [2.24, 2.45) is 0 Å². The van der Waals surface area contributed by atoms with E-state index in [0.29, 0.717) is 0 Å². The first-order valence-corrected chi connectivity index (χ1v) is 5.51. The molecule has 0 bridgehead atoms. The molecule has 104 valence electrons. The predicted octanol–water partition coefficient (Wildman–Crippen LogP) is 0.459. The molecule has 0 aliphatic carbocycles. The second-order valence-corrected chi connectivity index (χ2v) is 3.86. The maximum atomic E-state index is 13.3. The molecule has 1 aromatic carbocycles. The monoisotopic (exact) mass is 273 g/mol. The number of amides is 1. The molecule has 1 aromatic rings. The van der Waals surface area contributed by atoms with E-state index in [1.807, 2.05) is 0 Å². The summed E-state index contributed by atoms with van der Waals surface area (Å²) in [7, 11) is 0. The highest BCUT2D eigenvalue weighted by Crippen LogP contribution is 2.11. The molecular weight excluding hydrogens is 260 g/mol. The first kappa shape index (κ1) is 15.0. The molecule has 1 atom stereocenters. The normalized spacial score (nSPS) is 11.9. The molecule has 3 N–H and O–H groups in total. The molecule has 1 rings (SSSR count). The average molecular weight is 273 g/mol. The van der Waals surface area contributed by atoms with Crippen LogP contribution in [0.2, 0.25) is 0 Å². The van der Waals surface area contributed by atoms with Crippen molar-refractivity contribution < 1.29 is 28.6 Å². The van der Waals surface area contributed by atoms with Gasteiger partial charge in [-0.25, -0.2) is 13.6 Å². The summed E-state index contributed by atoms with van der Waals surface area (Å²) in [5.74, 6) is -4.27. The molecule has 5 nitrogen and oxygen atoms in total. The Bertz CT molecular complexity index is 479. The number of carboxylic acids is 1. The van der Waals surface area contributed by atoms with Gasteiger partial charge in [-0.3, -0.25) is 4.79 Å². The summed E-state index contributed by atoms with van der Waals surface area (Å²) in [4.78, 5) is 22.3. The molecule has 0 aromatic heterocycles. The van der Waals surface area contributed by atoms with Gasteiger partial charge in [0.1, 0.15) is 6.04 Å². The molecule has 19 heavy (non-hydrogen) atoms. The third-order valence-corrected chi connectivity index (χ3v) is 2.43. The highest BCUT2D eigenvalue weighted by atomic mass is 19.2. The Morgan fingerprint density at radius 1 is 1.32 bits per heavy atom. The molecular formula is C12H13F2NO4. The molecule has 0 saturated carbocycles. The number of carboxylic acid groups (broad SMARTS) is 1. The Hall–Kier alpha value is -2.02. The Morgan fingerprint density at radius 2 is 2.00 bits per heavy atom. The fourth-order valence-electron chi connectivity index (χ4n) is 1.49. The average Bonchev–Trinajstić information content (AvgIpc) is 2.34. The van der Waals surface area contributed by atoms with E-state index in [2.05, 4.69) is 5.32 Å². The number of aliphatic carboxylic acids is 1. The van der Waals surface area contributed by atoms with E-state index in [4.69, 9.17) is 10.2 Å². The Labute approximate surface area is 107 Å². The van der Waals surface area contributed by atoms with Crippen LogP contribution in [-0.2, 0) is 16.0 Å². The van der Waals surface area contributed by atoms with Crippen LogP contribution in [0, 0.1) is 11.6 Å². The lowest BCUT2D eigenvalue weighted by Gasteiger charge is -2.13. The minimum absolute atomic E-state index is 0.160. The molecule has 1 amide bonds. The van der Waals surface area contributed by atoms with Crippen molar-refractivity contribution in [3.8, 4) is 0 Å². The van der Waals surface area contributed by atoms with Gasteiger partial charge in [0.2, 0.25) is 5.91 Å². The topological polar surface area (TPSA) is 86.6 Å². The van der Waals surface area contributed by atoms with Gasteiger partial charge < -0.3 is 15.5 Å². The number of carbonyl (C=O) groups excluding carboxylic acids is 1. The molecule has 0 saturated heterocycles. The van der Waals surface area contributed by atoms with Crippen molar-refractivity contribution in [1.29, 1.82) is 0 Å². The lowest BCUT2D eigenvalue weighted by molar-refractivity contribution is -0.142. The molecule has 0 unspecified atom stereocenters. The number of carbonyl (C=O) groups is 2. The number of aliphatic hydroxyl groups is 1. The van der Waals surface area contributed by atoms with E-state index in [1.54, 1.807) is 0 Å². The van der Waals surface area contributed by atoms with E-state index in [-0.39, 0.29) is 12.0 Å². The summed E-state index contributed by atoms with van der Waals surface area (Å²) in [6.07, 6.45) is -0.633. The quantitative estimate of drug-likeness (QED) is 0.702. The third kappa shape index (κ3) is 4.29. The lowest BCUT2D eigenvalue weighted by Crippen LogP contribution is -2.42. The van der Waals surface area contributed by atoms with Gasteiger partial charge >= 0.3 is 5.97 Å². The maximum absolute atomic E-state index is 13.3. The van der Waals surface area contributed by atoms with Crippen molar-refractivity contribution in [1.82, 2.24) is 5.32 Å². The smallest absolute Gasteiger partial charge is 0.326 e. The second kappa shape index (κ2) is 6.79. The first-order chi connectivity index (χ1) is 8.95. The van der Waals surface area contributed by atoms with Gasteiger partial charge in [0.15, 0.2) is 11.6 Å². The predicted molar refractivity (Wildman–Crippen MR) is 61.3 cm³/mol. The highest BCUT2D eigenvalue weighted by Gasteiger charge is 2.20. The zero-order valence-electron chi connectivity index (χ0n) is 9.90. The Morgan fingerprint density at radius 3 is 2.58 bits per heavy atom. The van der Waals surface area contributed by atoms with E-state index >= 15 is 0 Å². The number of hydrogen-bond acceptors (Lipinski definition) is 3. The number of halogens is 2. The van der Waals surface area contributed by atoms with Crippen LogP contribution in [0.5, 0.6) is 0 Å². The molecule has 0 aliphatic heterocycles. The van der Waals surface area contributed by atoms with Crippen LogP contribution in [0.25, 0.3) is 0 Å². The van der Waals surface area contributed by atoms with E-state index in [9.17, 15) is 18.4 Å². The molecule has 0 fully saturated rings. The van der Waals surface area contributed by atoms with E-state index in [1.165, 1.54) is 12.1 Å². The summed E-state index contributed by atoms with van der Waals surface area (Å²) in [5.41, 5.74) is -0.161. The fraction of sp³-hybridized carbons (Fsp3) is 0.333. The highest BCUT2D eigenvalue weighted by molar-refractivity contribution is 5.84. The van der Waals surface area contributed by atoms with Crippen molar-refractivity contribution in [2.75, 3.05) is 6.61 Å². The number of aliphatic hydroxyl groups excluding tert-OH is 1. The molecule has 0 aliphatic rings. The van der Waals surface area contributed by atoms with Gasteiger partial charge in [-0.2, -0.15) is 0 Å². The van der Waals surface area contributed by atoms with Gasteiger partial charge in [0.25, 0.3) is 0 Å². The number of nitrogens with one attached hydrogen (secondary N) is 1. The third-order valence-electron chi connectivity index (χ3n) is 2.43. The van der Waals surface area contributed by atoms with Crippen molar-refractivity contribution in [2.45, 2.75) is 18.9 Å². The maximum Gasteiger partial charge on any atom is 0.326 e. The molecule has 0 radical (unpaired) electrons. The zero-order chi connectivity index (χ0) is 14.4. The van der Waals surface area contributed by atoms with Crippen LogP contribution in [0.15, 0.2) is 18.2 Å².